The highest BCUT2D eigenvalue weighted by molar-refractivity contribution is 7.10. The number of hydrogen-bond acceptors (Lipinski definition) is 4. The lowest BCUT2D eigenvalue weighted by Crippen LogP contribution is -2.42. The van der Waals surface area contributed by atoms with Gasteiger partial charge in [-0.2, -0.15) is 0 Å². The minimum atomic E-state index is -0.468. The predicted octanol–water partition coefficient (Wildman–Crippen LogP) is 0.193. The number of carbonyl (C=O) groups excluding carboxylic acids is 1. The van der Waals surface area contributed by atoms with Crippen molar-refractivity contribution in [2.75, 3.05) is 6.54 Å². The summed E-state index contributed by atoms with van der Waals surface area (Å²) in [5.41, 5.74) is 0.348. The summed E-state index contributed by atoms with van der Waals surface area (Å²) in [4.78, 5) is 38.7. The van der Waals surface area contributed by atoms with E-state index in [2.05, 4.69) is 0 Å². The average Bonchev–Trinajstić information content (AvgIpc) is 2.95. The second-order valence-electron chi connectivity index (χ2n) is 5.06. The van der Waals surface area contributed by atoms with Crippen LogP contribution >= 0.6 is 11.3 Å². The molecular weight excluding hydrogens is 290 g/mol. The van der Waals surface area contributed by atoms with Gasteiger partial charge in [0.2, 0.25) is 5.91 Å². The molecule has 0 fully saturated rings. The van der Waals surface area contributed by atoms with Crippen molar-refractivity contribution in [1.82, 2.24) is 14.0 Å². The van der Waals surface area contributed by atoms with Crippen LogP contribution in [0.2, 0.25) is 0 Å². The first kappa shape index (κ1) is 13.8. The van der Waals surface area contributed by atoms with Gasteiger partial charge in [-0.25, -0.2) is 4.79 Å². The average molecular weight is 305 g/mol. The SMILES string of the molecule is Cn1c(=O)ccn(CC(=O)N2CCc3sccc3C2)c1=O. The second-order valence-corrected chi connectivity index (χ2v) is 6.06. The number of hydrogen-bond donors (Lipinski definition) is 0. The van der Waals surface area contributed by atoms with E-state index in [9.17, 15) is 14.4 Å². The molecule has 0 atom stereocenters. The van der Waals surface area contributed by atoms with E-state index in [1.165, 1.54) is 34.3 Å². The van der Waals surface area contributed by atoms with Gasteiger partial charge in [0.1, 0.15) is 6.54 Å². The lowest BCUT2D eigenvalue weighted by atomic mass is 10.1. The summed E-state index contributed by atoms with van der Waals surface area (Å²) in [7, 11) is 1.41. The summed E-state index contributed by atoms with van der Waals surface area (Å²) < 4.78 is 2.27. The van der Waals surface area contributed by atoms with Gasteiger partial charge in [-0.1, -0.05) is 0 Å². The van der Waals surface area contributed by atoms with Gasteiger partial charge in [0.25, 0.3) is 5.56 Å². The fraction of sp³-hybridized carbons (Fsp3) is 0.357. The highest BCUT2D eigenvalue weighted by Gasteiger charge is 2.21. The highest BCUT2D eigenvalue weighted by atomic mass is 32.1. The Labute approximate surface area is 124 Å². The molecule has 3 rings (SSSR count). The maximum Gasteiger partial charge on any atom is 0.331 e. The molecule has 0 N–H and O–H groups in total. The number of thiophene rings is 1. The van der Waals surface area contributed by atoms with E-state index < -0.39 is 5.69 Å². The zero-order chi connectivity index (χ0) is 15.0. The van der Waals surface area contributed by atoms with E-state index in [0.29, 0.717) is 13.1 Å². The van der Waals surface area contributed by atoms with Gasteiger partial charge < -0.3 is 4.90 Å². The van der Waals surface area contributed by atoms with Crippen LogP contribution in [0, 0.1) is 0 Å². The third-order valence-electron chi connectivity index (χ3n) is 3.73. The fourth-order valence-corrected chi connectivity index (χ4v) is 3.33. The summed E-state index contributed by atoms with van der Waals surface area (Å²) in [6, 6.07) is 3.33. The van der Waals surface area contributed by atoms with Crippen LogP contribution in [0.15, 0.2) is 33.3 Å². The smallest absolute Gasteiger partial charge is 0.331 e. The molecule has 110 valence electrons. The number of aromatic nitrogens is 2. The zero-order valence-electron chi connectivity index (χ0n) is 11.6. The quantitative estimate of drug-likeness (QED) is 0.796. The lowest BCUT2D eigenvalue weighted by Gasteiger charge is -2.27. The summed E-state index contributed by atoms with van der Waals surface area (Å²) in [6.45, 7) is 1.23. The first-order chi connectivity index (χ1) is 10.1. The first-order valence-corrected chi connectivity index (χ1v) is 7.54. The number of carbonyl (C=O) groups is 1. The van der Waals surface area contributed by atoms with Gasteiger partial charge in [-0.15, -0.1) is 11.3 Å². The van der Waals surface area contributed by atoms with Crippen LogP contribution in [0.25, 0.3) is 0 Å². The van der Waals surface area contributed by atoms with Crippen LogP contribution in [-0.4, -0.2) is 26.5 Å². The molecule has 1 amide bonds. The van der Waals surface area contributed by atoms with E-state index >= 15 is 0 Å². The Morgan fingerprint density at radius 3 is 2.95 bits per heavy atom. The molecular formula is C14H15N3O3S. The van der Waals surface area contributed by atoms with Crippen LogP contribution in [-0.2, 0) is 31.4 Å². The molecule has 3 heterocycles. The second kappa shape index (κ2) is 5.33. The molecule has 0 aromatic carbocycles. The zero-order valence-corrected chi connectivity index (χ0v) is 12.4. The molecule has 2 aromatic rings. The van der Waals surface area contributed by atoms with Crippen LogP contribution in [0.5, 0.6) is 0 Å². The third kappa shape index (κ3) is 2.56. The first-order valence-electron chi connectivity index (χ1n) is 6.66. The van der Waals surface area contributed by atoms with Gasteiger partial charge in [-0.3, -0.25) is 18.7 Å². The summed E-state index contributed by atoms with van der Waals surface area (Å²) in [5.74, 6) is -0.104. The maximum atomic E-state index is 12.3. The van der Waals surface area contributed by atoms with Crippen LogP contribution in [0.4, 0.5) is 0 Å². The predicted molar refractivity (Wildman–Crippen MR) is 79.4 cm³/mol. The number of fused-ring (bicyclic) bond motifs is 1. The molecule has 0 saturated carbocycles. The highest BCUT2D eigenvalue weighted by Crippen LogP contribution is 2.23. The number of amides is 1. The largest absolute Gasteiger partial charge is 0.336 e. The van der Waals surface area contributed by atoms with Gasteiger partial charge in [0, 0.05) is 37.3 Å². The minimum absolute atomic E-state index is 0.0353. The Morgan fingerprint density at radius 2 is 2.14 bits per heavy atom. The molecule has 0 bridgehead atoms. The van der Waals surface area contributed by atoms with Crippen molar-refractivity contribution in [3.63, 3.8) is 0 Å². The normalized spacial score (nSPS) is 14.0. The van der Waals surface area contributed by atoms with Crippen LogP contribution < -0.4 is 11.2 Å². The van der Waals surface area contributed by atoms with Crippen molar-refractivity contribution in [2.45, 2.75) is 19.5 Å². The molecule has 1 aliphatic rings. The van der Waals surface area contributed by atoms with E-state index in [0.717, 1.165) is 11.0 Å². The van der Waals surface area contributed by atoms with Gasteiger partial charge >= 0.3 is 5.69 Å². The van der Waals surface area contributed by atoms with Crippen molar-refractivity contribution in [1.29, 1.82) is 0 Å². The summed E-state index contributed by atoms with van der Waals surface area (Å²) in [5, 5.41) is 2.04. The molecule has 0 unspecified atom stereocenters. The van der Waals surface area contributed by atoms with Crippen molar-refractivity contribution in [3.8, 4) is 0 Å². The summed E-state index contributed by atoms with van der Waals surface area (Å²) >= 11 is 1.72. The standard InChI is InChI=1S/C14H15N3O3S/c1-15-12(18)3-6-17(14(15)20)9-13(19)16-5-2-11-10(8-16)4-7-21-11/h3-4,6-7H,2,5,8-9H2,1H3. The Hall–Kier alpha value is -2.15. The molecule has 21 heavy (non-hydrogen) atoms. The molecule has 2 aromatic heterocycles. The number of nitrogens with zero attached hydrogens (tertiary/aromatic N) is 3. The summed E-state index contributed by atoms with van der Waals surface area (Å²) in [6.07, 6.45) is 2.24. The number of rotatable bonds is 2. The van der Waals surface area contributed by atoms with Crippen LogP contribution in [0.1, 0.15) is 10.4 Å². The minimum Gasteiger partial charge on any atom is -0.336 e. The van der Waals surface area contributed by atoms with E-state index in [4.69, 9.17) is 0 Å². The van der Waals surface area contributed by atoms with Gasteiger partial charge in [0.05, 0.1) is 0 Å². The maximum absolute atomic E-state index is 12.3. The van der Waals surface area contributed by atoms with Gasteiger partial charge in [-0.05, 0) is 23.4 Å². The van der Waals surface area contributed by atoms with E-state index in [1.54, 1.807) is 16.2 Å². The fourth-order valence-electron chi connectivity index (χ4n) is 2.44. The van der Waals surface area contributed by atoms with E-state index in [-0.39, 0.29) is 18.0 Å². The molecule has 0 radical (unpaired) electrons. The van der Waals surface area contributed by atoms with Crippen molar-refractivity contribution in [3.05, 3.63) is 55.0 Å². The van der Waals surface area contributed by atoms with Crippen LogP contribution in [0.3, 0.4) is 0 Å². The molecule has 0 aliphatic carbocycles. The Balaban J connectivity index is 1.78. The lowest BCUT2D eigenvalue weighted by molar-refractivity contribution is -0.132. The molecule has 7 heteroatoms. The monoisotopic (exact) mass is 305 g/mol. The third-order valence-corrected chi connectivity index (χ3v) is 4.75. The van der Waals surface area contributed by atoms with E-state index in [1.807, 2.05) is 11.4 Å². The van der Waals surface area contributed by atoms with Crippen molar-refractivity contribution >= 4 is 17.2 Å². The molecule has 6 nitrogen and oxygen atoms in total. The molecule has 1 aliphatic heterocycles. The topological polar surface area (TPSA) is 64.3 Å². The Bertz CT molecular complexity index is 802. The van der Waals surface area contributed by atoms with Crippen molar-refractivity contribution < 1.29 is 4.79 Å². The van der Waals surface area contributed by atoms with Gasteiger partial charge in [0.15, 0.2) is 0 Å². The van der Waals surface area contributed by atoms with Crippen molar-refractivity contribution in [2.24, 2.45) is 7.05 Å². The molecule has 0 spiro atoms. The molecule has 0 saturated heterocycles. The Kier molecular flexibility index (Phi) is 3.50. The Morgan fingerprint density at radius 1 is 1.33 bits per heavy atom.